The van der Waals surface area contributed by atoms with Crippen LogP contribution < -0.4 is 16.0 Å². The number of carbonyl (C=O) groups excluding carboxylic acids is 3. The lowest BCUT2D eigenvalue weighted by Crippen LogP contribution is -2.58. The van der Waals surface area contributed by atoms with Crippen molar-refractivity contribution in [3.8, 4) is 0 Å². The zero-order valence-corrected chi connectivity index (χ0v) is 19.8. The summed E-state index contributed by atoms with van der Waals surface area (Å²) in [7, 11) is 0. The van der Waals surface area contributed by atoms with Gasteiger partial charge in [-0.1, -0.05) is 67.6 Å². The topological polar surface area (TPSA) is 134 Å². The highest BCUT2D eigenvalue weighted by Crippen LogP contribution is 2.45. The average molecular weight is 482 g/mol. The summed E-state index contributed by atoms with van der Waals surface area (Å²) in [6.07, 6.45) is -0.130. The Balaban J connectivity index is 1.72. The summed E-state index contributed by atoms with van der Waals surface area (Å²) in [6, 6.07) is 16.4. The molecule has 1 saturated carbocycles. The van der Waals surface area contributed by atoms with Crippen molar-refractivity contribution < 1.29 is 29.0 Å². The lowest BCUT2D eigenvalue weighted by molar-refractivity contribution is -0.145. The number of ether oxygens (including phenoxy) is 1. The lowest BCUT2D eigenvalue weighted by Gasteiger charge is -2.26. The van der Waals surface area contributed by atoms with Crippen LogP contribution in [0, 0.1) is 11.3 Å². The smallest absolute Gasteiger partial charge is 0.408 e. The van der Waals surface area contributed by atoms with E-state index in [0.29, 0.717) is 5.56 Å². The first-order chi connectivity index (χ1) is 16.7. The molecule has 9 heteroatoms. The second-order valence-electron chi connectivity index (χ2n) is 9.08. The second-order valence-corrected chi connectivity index (χ2v) is 9.08. The van der Waals surface area contributed by atoms with Gasteiger partial charge in [0.25, 0.3) is 0 Å². The van der Waals surface area contributed by atoms with Crippen molar-refractivity contribution in [1.29, 1.82) is 0 Å². The van der Waals surface area contributed by atoms with Gasteiger partial charge in [0.2, 0.25) is 11.8 Å². The Bertz CT molecular complexity index is 1040. The Morgan fingerprint density at radius 3 is 2.03 bits per heavy atom. The second kappa shape index (κ2) is 11.5. The van der Waals surface area contributed by atoms with Gasteiger partial charge in [-0.05, 0) is 37.3 Å². The molecule has 2 aromatic carbocycles. The molecule has 0 saturated heterocycles. The summed E-state index contributed by atoms with van der Waals surface area (Å²) in [5.41, 5.74) is 1.00. The fourth-order valence-electron chi connectivity index (χ4n) is 3.58. The summed E-state index contributed by atoms with van der Waals surface area (Å²) in [5.74, 6) is -3.44. The van der Waals surface area contributed by atoms with Crippen LogP contribution in [0.25, 0.3) is 0 Å². The van der Waals surface area contributed by atoms with Crippen molar-refractivity contribution in [2.45, 2.75) is 51.9 Å². The highest BCUT2D eigenvalue weighted by atomic mass is 16.5. The van der Waals surface area contributed by atoms with Crippen molar-refractivity contribution in [1.82, 2.24) is 16.0 Å². The number of benzene rings is 2. The Morgan fingerprint density at radius 2 is 1.49 bits per heavy atom. The summed E-state index contributed by atoms with van der Waals surface area (Å²) < 4.78 is 5.22. The molecule has 186 valence electrons. The predicted octanol–water partition coefficient (Wildman–Crippen LogP) is 2.60. The maximum atomic E-state index is 13.2. The molecule has 0 aliphatic heterocycles. The van der Waals surface area contributed by atoms with Crippen LogP contribution in [-0.4, -0.2) is 41.2 Å². The van der Waals surface area contributed by atoms with E-state index >= 15 is 0 Å². The molecule has 0 bridgehead atoms. The maximum absolute atomic E-state index is 13.2. The van der Waals surface area contributed by atoms with Gasteiger partial charge in [-0.2, -0.15) is 0 Å². The van der Waals surface area contributed by atoms with E-state index in [1.54, 1.807) is 61.5 Å². The highest BCUT2D eigenvalue weighted by Gasteiger charge is 2.45. The molecule has 9 nitrogen and oxygen atoms in total. The van der Waals surface area contributed by atoms with Gasteiger partial charge in [0.15, 0.2) is 0 Å². The summed E-state index contributed by atoms with van der Waals surface area (Å²) in [4.78, 5) is 50.2. The standard InChI is InChI=1S/C26H31N3O6/c1-17(28-24(33)26(2)13-14-26)27-22(30)21(20(23(31)32)15-18-9-5-3-6-10-18)29-25(34)35-16-19-11-7-4-8-12-19/h3-12,17,20-21H,13-16H2,1-2H3,(H,27,30)(H,28,33)(H,29,34)(H,31,32)/t17-,20?,21-/m0/s1. The van der Waals surface area contributed by atoms with Crippen molar-refractivity contribution in [2.24, 2.45) is 11.3 Å². The molecule has 35 heavy (non-hydrogen) atoms. The molecule has 3 rings (SSSR count). The Kier molecular flexibility index (Phi) is 8.46. The Labute approximate surface area is 204 Å². The van der Waals surface area contributed by atoms with Crippen LogP contribution in [-0.2, 0) is 32.1 Å². The Morgan fingerprint density at radius 1 is 0.914 bits per heavy atom. The van der Waals surface area contributed by atoms with Gasteiger partial charge in [0.05, 0.1) is 12.1 Å². The van der Waals surface area contributed by atoms with E-state index in [0.717, 1.165) is 18.4 Å². The lowest BCUT2D eigenvalue weighted by atomic mass is 9.91. The van der Waals surface area contributed by atoms with Gasteiger partial charge >= 0.3 is 12.1 Å². The number of amides is 3. The molecule has 1 unspecified atom stereocenters. The number of nitrogens with one attached hydrogen (secondary N) is 3. The van der Waals surface area contributed by atoms with Crippen molar-refractivity contribution in [3.05, 3.63) is 71.8 Å². The number of carbonyl (C=O) groups is 4. The van der Waals surface area contributed by atoms with E-state index < -0.39 is 41.5 Å². The summed E-state index contributed by atoms with van der Waals surface area (Å²) >= 11 is 0. The van der Waals surface area contributed by atoms with Crippen LogP contribution in [0.15, 0.2) is 60.7 Å². The average Bonchev–Trinajstić information content (AvgIpc) is 3.59. The molecule has 1 aliphatic carbocycles. The van der Waals surface area contributed by atoms with Gasteiger partial charge in [-0.3, -0.25) is 14.4 Å². The van der Waals surface area contributed by atoms with Crippen molar-refractivity contribution >= 4 is 23.9 Å². The van der Waals surface area contributed by atoms with Gasteiger partial charge in [-0.15, -0.1) is 0 Å². The molecule has 4 N–H and O–H groups in total. The number of carboxylic acids is 1. The SMILES string of the molecule is C[C@@H](NC(=O)[C@@H](NC(=O)OCc1ccccc1)C(Cc1ccccc1)C(=O)O)NC(=O)C1(C)CC1. The van der Waals surface area contributed by atoms with Crippen LogP contribution in [0.3, 0.4) is 0 Å². The molecule has 2 aromatic rings. The highest BCUT2D eigenvalue weighted by molar-refractivity contribution is 5.91. The predicted molar refractivity (Wildman–Crippen MR) is 128 cm³/mol. The van der Waals surface area contributed by atoms with Crippen molar-refractivity contribution in [3.63, 3.8) is 0 Å². The molecule has 0 aromatic heterocycles. The zero-order chi connectivity index (χ0) is 25.4. The summed E-state index contributed by atoms with van der Waals surface area (Å²) in [5, 5.41) is 17.7. The van der Waals surface area contributed by atoms with Crippen LogP contribution in [0.5, 0.6) is 0 Å². The largest absolute Gasteiger partial charge is 0.481 e. The van der Waals surface area contributed by atoms with E-state index in [2.05, 4.69) is 16.0 Å². The van der Waals surface area contributed by atoms with Crippen LogP contribution in [0.2, 0.25) is 0 Å². The quantitative estimate of drug-likeness (QED) is 0.365. The van der Waals surface area contributed by atoms with Gasteiger partial charge in [-0.25, -0.2) is 4.79 Å². The van der Waals surface area contributed by atoms with E-state index in [1.165, 1.54) is 0 Å². The normalized spacial score (nSPS) is 16.2. The third-order valence-electron chi connectivity index (χ3n) is 6.04. The van der Waals surface area contributed by atoms with Crippen molar-refractivity contribution in [2.75, 3.05) is 0 Å². The third-order valence-corrected chi connectivity index (χ3v) is 6.04. The molecule has 0 radical (unpaired) electrons. The number of carboxylic acid groups (broad SMARTS) is 1. The fraction of sp³-hybridized carbons (Fsp3) is 0.385. The van der Waals surface area contributed by atoms with Crippen LogP contribution in [0.1, 0.15) is 37.8 Å². The van der Waals surface area contributed by atoms with Crippen LogP contribution >= 0.6 is 0 Å². The first-order valence-electron chi connectivity index (χ1n) is 11.5. The van der Waals surface area contributed by atoms with E-state index in [-0.39, 0.29) is 18.9 Å². The van der Waals surface area contributed by atoms with E-state index in [9.17, 15) is 24.3 Å². The molecule has 0 spiro atoms. The number of alkyl carbamates (subject to hydrolysis) is 1. The molecule has 1 fully saturated rings. The molecular formula is C26H31N3O6. The third kappa shape index (κ3) is 7.56. The van der Waals surface area contributed by atoms with Gasteiger partial charge < -0.3 is 25.8 Å². The first-order valence-corrected chi connectivity index (χ1v) is 11.5. The number of aliphatic carboxylic acids is 1. The molecule has 0 heterocycles. The van der Waals surface area contributed by atoms with Gasteiger partial charge in [0, 0.05) is 5.41 Å². The molecule has 3 amide bonds. The minimum absolute atomic E-state index is 0.00599. The molecular weight excluding hydrogens is 450 g/mol. The number of rotatable bonds is 11. The van der Waals surface area contributed by atoms with E-state index in [1.807, 2.05) is 13.0 Å². The minimum atomic E-state index is -1.44. The van der Waals surface area contributed by atoms with Gasteiger partial charge in [0.1, 0.15) is 12.6 Å². The zero-order valence-electron chi connectivity index (χ0n) is 19.8. The molecule has 1 aliphatic rings. The van der Waals surface area contributed by atoms with E-state index in [4.69, 9.17) is 4.74 Å². The minimum Gasteiger partial charge on any atom is -0.481 e. The Hall–Kier alpha value is -3.88. The maximum Gasteiger partial charge on any atom is 0.408 e. The number of hydrogen-bond acceptors (Lipinski definition) is 5. The fourth-order valence-corrected chi connectivity index (χ4v) is 3.58. The number of hydrogen-bond donors (Lipinski definition) is 4. The molecule has 3 atom stereocenters. The van der Waals surface area contributed by atoms with Crippen LogP contribution in [0.4, 0.5) is 4.79 Å². The summed E-state index contributed by atoms with van der Waals surface area (Å²) in [6.45, 7) is 3.38. The monoisotopic (exact) mass is 481 g/mol. The first kappa shape index (κ1) is 25.7.